The van der Waals surface area contributed by atoms with Crippen LogP contribution in [0.4, 0.5) is 19.0 Å². The van der Waals surface area contributed by atoms with Crippen molar-refractivity contribution in [3.63, 3.8) is 0 Å². The zero-order valence-electron chi connectivity index (χ0n) is 20.8. The highest BCUT2D eigenvalue weighted by Crippen LogP contribution is 2.37. The number of hydrogen-bond acceptors (Lipinski definition) is 6. The number of aryl methyl sites for hydroxylation is 2. The largest absolute Gasteiger partial charge is 0.416 e. The first-order chi connectivity index (χ1) is 16.6. The van der Waals surface area contributed by atoms with Gasteiger partial charge in [-0.3, -0.25) is 9.47 Å². The Morgan fingerprint density at radius 1 is 1.06 bits per heavy atom. The maximum absolute atomic E-state index is 13.1. The summed E-state index contributed by atoms with van der Waals surface area (Å²) >= 11 is 1.49. The zero-order chi connectivity index (χ0) is 25.5. The van der Waals surface area contributed by atoms with Crippen molar-refractivity contribution >= 4 is 27.5 Å². The van der Waals surface area contributed by atoms with E-state index in [2.05, 4.69) is 35.6 Å². The lowest BCUT2D eigenvalue weighted by Crippen LogP contribution is -2.59. The second-order valence-electron chi connectivity index (χ2n) is 9.18. The van der Waals surface area contributed by atoms with Crippen LogP contribution >= 0.6 is 11.3 Å². The van der Waals surface area contributed by atoms with Crippen molar-refractivity contribution in [1.29, 1.82) is 0 Å². The number of benzene rings is 1. The minimum Gasteiger partial charge on any atom is -0.349 e. The SMILES string of the molecule is CC[C@H]1CN([C@@H](CC)c2ccc(C(F)(F)F)cc2)[C@H](CC)CN1c1nc(=O)n(C)c2sc(C)nc12. The van der Waals surface area contributed by atoms with Crippen LogP contribution in [0, 0.1) is 6.92 Å². The molecule has 1 aliphatic rings. The summed E-state index contributed by atoms with van der Waals surface area (Å²) in [6.07, 6.45) is -1.84. The molecule has 3 atom stereocenters. The van der Waals surface area contributed by atoms with E-state index in [9.17, 15) is 18.0 Å². The number of thiazole rings is 1. The highest BCUT2D eigenvalue weighted by molar-refractivity contribution is 7.18. The molecule has 1 fully saturated rings. The standard InChI is InChI=1S/C25H32F3N5OS/c1-6-18-14-33(22-21-23(35-15(4)29-21)31(5)24(34)30-22)19(7-2)13-32(18)20(8-3)16-9-11-17(12-10-16)25(26,27)28/h9-12,18-20H,6-8,13-14H2,1-5H3/t18-,19+,20+/m1/s1. The summed E-state index contributed by atoms with van der Waals surface area (Å²) in [7, 11) is 1.72. The van der Waals surface area contributed by atoms with Gasteiger partial charge in [-0.15, -0.1) is 11.3 Å². The number of anilines is 1. The molecular formula is C25H32F3N5OS. The fraction of sp³-hybridized carbons (Fsp3) is 0.560. The van der Waals surface area contributed by atoms with Crippen LogP contribution in [0.5, 0.6) is 0 Å². The summed E-state index contributed by atoms with van der Waals surface area (Å²) in [6, 6.07) is 5.85. The van der Waals surface area contributed by atoms with Crippen molar-refractivity contribution < 1.29 is 13.2 Å². The first-order valence-corrected chi connectivity index (χ1v) is 12.9. The average Bonchev–Trinajstić information content (AvgIpc) is 3.23. The van der Waals surface area contributed by atoms with E-state index < -0.39 is 11.7 Å². The topological polar surface area (TPSA) is 54.3 Å². The number of piperazine rings is 1. The molecule has 10 heteroatoms. The molecule has 35 heavy (non-hydrogen) atoms. The van der Waals surface area contributed by atoms with E-state index >= 15 is 0 Å². The lowest BCUT2D eigenvalue weighted by molar-refractivity contribution is -0.137. The highest BCUT2D eigenvalue weighted by Gasteiger charge is 2.38. The molecule has 0 amide bonds. The maximum atomic E-state index is 13.1. The summed E-state index contributed by atoms with van der Waals surface area (Å²) in [4.78, 5) is 27.3. The van der Waals surface area contributed by atoms with Crippen molar-refractivity contribution in [2.45, 2.75) is 71.3 Å². The molecule has 0 saturated carbocycles. The van der Waals surface area contributed by atoms with Crippen molar-refractivity contribution in [1.82, 2.24) is 19.4 Å². The Morgan fingerprint density at radius 2 is 1.71 bits per heavy atom. The lowest BCUT2D eigenvalue weighted by Gasteiger charge is -2.49. The van der Waals surface area contributed by atoms with Crippen LogP contribution in [0.1, 0.15) is 62.2 Å². The van der Waals surface area contributed by atoms with Gasteiger partial charge in [-0.05, 0) is 43.9 Å². The number of fused-ring (bicyclic) bond motifs is 1. The molecule has 0 unspecified atom stereocenters. The second-order valence-corrected chi connectivity index (χ2v) is 10.4. The smallest absolute Gasteiger partial charge is 0.349 e. The quantitative estimate of drug-likeness (QED) is 0.438. The monoisotopic (exact) mass is 507 g/mol. The normalized spacial score (nSPS) is 20.5. The van der Waals surface area contributed by atoms with Gasteiger partial charge < -0.3 is 4.90 Å². The molecule has 2 aromatic heterocycles. The summed E-state index contributed by atoms with van der Waals surface area (Å²) in [5, 5.41) is 0.885. The van der Waals surface area contributed by atoms with E-state index in [1.54, 1.807) is 23.7 Å². The van der Waals surface area contributed by atoms with E-state index in [0.29, 0.717) is 12.4 Å². The molecule has 190 valence electrons. The van der Waals surface area contributed by atoms with Crippen LogP contribution in [0.3, 0.4) is 0 Å². The molecular weight excluding hydrogens is 475 g/mol. The molecule has 0 bridgehead atoms. The molecule has 1 saturated heterocycles. The van der Waals surface area contributed by atoms with Crippen LogP contribution in [-0.2, 0) is 13.2 Å². The number of aromatic nitrogens is 3. The lowest BCUT2D eigenvalue weighted by atomic mass is 9.94. The zero-order valence-corrected chi connectivity index (χ0v) is 21.6. The molecule has 6 nitrogen and oxygen atoms in total. The van der Waals surface area contributed by atoms with Crippen molar-refractivity contribution in [2.24, 2.45) is 7.05 Å². The molecule has 0 spiro atoms. The Kier molecular flexibility index (Phi) is 7.24. The third-order valence-electron chi connectivity index (χ3n) is 7.08. The maximum Gasteiger partial charge on any atom is 0.416 e. The van der Waals surface area contributed by atoms with Gasteiger partial charge in [0.1, 0.15) is 10.3 Å². The Hall–Kier alpha value is -2.46. The van der Waals surface area contributed by atoms with Gasteiger partial charge in [0.2, 0.25) is 0 Å². The predicted octanol–water partition coefficient (Wildman–Crippen LogP) is 5.55. The molecule has 4 rings (SSSR count). The number of halogens is 3. The molecule has 0 radical (unpaired) electrons. The summed E-state index contributed by atoms with van der Waals surface area (Å²) in [5.74, 6) is 0.639. The van der Waals surface area contributed by atoms with Gasteiger partial charge in [0.25, 0.3) is 0 Å². The molecule has 3 aromatic rings. The highest BCUT2D eigenvalue weighted by atomic mass is 32.1. The molecule has 1 aromatic carbocycles. The van der Waals surface area contributed by atoms with Crippen molar-refractivity contribution in [3.8, 4) is 0 Å². The van der Waals surface area contributed by atoms with Gasteiger partial charge in [-0.25, -0.2) is 9.78 Å². The molecule has 0 aliphatic carbocycles. The van der Waals surface area contributed by atoms with Crippen LogP contribution in [0.2, 0.25) is 0 Å². The van der Waals surface area contributed by atoms with Gasteiger partial charge in [0.15, 0.2) is 5.82 Å². The fourth-order valence-corrected chi connectivity index (χ4v) is 6.04. The third-order valence-corrected chi connectivity index (χ3v) is 8.13. The van der Waals surface area contributed by atoms with Gasteiger partial charge in [-0.1, -0.05) is 32.9 Å². The minimum absolute atomic E-state index is 0.0107. The summed E-state index contributed by atoms with van der Waals surface area (Å²) < 4.78 is 40.8. The number of nitrogens with zero attached hydrogens (tertiary/aromatic N) is 5. The van der Waals surface area contributed by atoms with Gasteiger partial charge in [0, 0.05) is 38.3 Å². The summed E-state index contributed by atoms with van der Waals surface area (Å²) in [5.41, 5.74) is 0.731. The Labute approximate surface area is 207 Å². The number of hydrogen-bond donors (Lipinski definition) is 0. The molecule has 1 aliphatic heterocycles. The van der Waals surface area contributed by atoms with Crippen molar-refractivity contribution in [2.75, 3.05) is 18.0 Å². The second kappa shape index (κ2) is 9.89. The van der Waals surface area contributed by atoms with Crippen LogP contribution < -0.4 is 10.6 Å². The van der Waals surface area contributed by atoms with E-state index in [0.717, 1.165) is 46.7 Å². The van der Waals surface area contributed by atoms with Crippen molar-refractivity contribution in [3.05, 3.63) is 50.9 Å². The first-order valence-electron chi connectivity index (χ1n) is 12.1. The van der Waals surface area contributed by atoms with E-state index in [-0.39, 0.29) is 23.8 Å². The Balaban J connectivity index is 1.69. The number of rotatable bonds is 6. The van der Waals surface area contributed by atoms with E-state index in [4.69, 9.17) is 4.98 Å². The average molecular weight is 508 g/mol. The van der Waals surface area contributed by atoms with Gasteiger partial charge in [-0.2, -0.15) is 18.2 Å². The predicted molar refractivity (Wildman–Crippen MR) is 134 cm³/mol. The van der Waals surface area contributed by atoms with E-state index in [1.165, 1.54) is 23.5 Å². The summed E-state index contributed by atoms with van der Waals surface area (Å²) in [6.45, 7) is 9.66. The molecule has 0 N–H and O–H groups in total. The van der Waals surface area contributed by atoms with E-state index in [1.807, 2.05) is 6.92 Å². The Bertz CT molecular complexity index is 1240. The first kappa shape index (κ1) is 25.6. The van der Waals surface area contributed by atoms with Gasteiger partial charge in [0.05, 0.1) is 10.6 Å². The van der Waals surface area contributed by atoms with Crippen LogP contribution in [0.15, 0.2) is 29.1 Å². The molecule has 3 heterocycles. The van der Waals surface area contributed by atoms with Crippen LogP contribution in [-0.4, -0.2) is 44.6 Å². The third kappa shape index (κ3) is 4.82. The number of alkyl halides is 3. The van der Waals surface area contributed by atoms with Crippen LogP contribution in [0.25, 0.3) is 10.3 Å². The fourth-order valence-electron chi connectivity index (χ4n) is 5.18. The minimum atomic E-state index is -4.34. The Morgan fingerprint density at radius 3 is 2.29 bits per heavy atom. The van der Waals surface area contributed by atoms with Gasteiger partial charge >= 0.3 is 11.9 Å².